The Bertz CT molecular complexity index is 714. The molecule has 6 heteroatoms. The molecule has 0 spiro atoms. The number of fused-ring (bicyclic) bond motifs is 1. The van der Waals surface area contributed by atoms with E-state index >= 15 is 0 Å². The number of aryl methyl sites for hydroxylation is 2. The van der Waals surface area contributed by atoms with Crippen molar-refractivity contribution in [3.05, 3.63) is 51.6 Å². The Balaban J connectivity index is 1.83. The van der Waals surface area contributed by atoms with E-state index in [1.54, 1.807) is 26.0 Å². The van der Waals surface area contributed by atoms with E-state index in [1.807, 2.05) is 10.7 Å². The second-order valence-electron chi connectivity index (χ2n) is 6.18. The Morgan fingerprint density at radius 2 is 2.17 bits per heavy atom. The molecule has 2 aromatic rings. The number of hydrogen-bond donors (Lipinski definition) is 1. The van der Waals surface area contributed by atoms with Gasteiger partial charge in [0.05, 0.1) is 17.5 Å². The van der Waals surface area contributed by atoms with Crippen LogP contribution in [-0.4, -0.2) is 26.3 Å². The highest BCUT2D eigenvalue weighted by Crippen LogP contribution is 2.25. The second-order valence-corrected chi connectivity index (χ2v) is 6.59. The molecule has 0 bridgehead atoms. The standard InChI is InChI=1S/C17H21ClFN3O/c1-11-4-5-15(18)14(17(11)19)10-21-6-3-7-22-13(9-21)8-16(20-22)12(2)23/h4-5,8,12,23H,3,6-7,9-10H2,1-2H3/t12-/m1/s1. The normalized spacial score (nSPS) is 16.9. The maximum absolute atomic E-state index is 14.4. The number of rotatable bonds is 3. The summed E-state index contributed by atoms with van der Waals surface area (Å²) >= 11 is 6.19. The first kappa shape index (κ1) is 16.4. The Labute approximate surface area is 140 Å². The van der Waals surface area contributed by atoms with E-state index in [-0.39, 0.29) is 5.82 Å². The summed E-state index contributed by atoms with van der Waals surface area (Å²) in [6.07, 6.45) is 0.352. The van der Waals surface area contributed by atoms with Gasteiger partial charge in [-0.1, -0.05) is 17.7 Å². The molecule has 2 heterocycles. The molecular weight excluding hydrogens is 317 g/mol. The molecule has 0 unspecified atom stereocenters. The van der Waals surface area contributed by atoms with Crippen LogP contribution in [0.2, 0.25) is 5.02 Å². The second kappa shape index (κ2) is 6.59. The van der Waals surface area contributed by atoms with E-state index < -0.39 is 6.10 Å². The average molecular weight is 338 g/mol. The van der Waals surface area contributed by atoms with Gasteiger partial charge >= 0.3 is 0 Å². The minimum atomic E-state index is -0.577. The molecular formula is C17H21ClFN3O. The van der Waals surface area contributed by atoms with Gasteiger partial charge in [-0.15, -0.1) is 0 Å². The summed E-state index contributed by atoms with van der Waals surface area (Å²) in [5.74, 6) is -0.222. The average Bonchev–Trinajstić information content (AvgIpc) is 2.81. The molecule has 0 radical (unpaired) electrons. The Morgan fingerprint density at radius 1 is 1.39 bits per heavy atom. The van der Waals surface area contributed by atoms with Crippen LogP contribution >= 0.6 is 11.6 Å². The molecule has 1 aliphatic heterocycles. The van der Waals surface area contributed by atoms with Gasteiger partial charge in [0.15, 0.2) is 0 Å². The van der Waals surface area contributed by atoms with Crippen molar-refractivity contribution in [2.45, 2.75) is 46.0 Å². The molecule has 1 aromatic heterocycles. The molecule has 1 atom stereocenters. The van der Waals surface area contributed by atoms with E-state index in [9.17, 15) is 9.50 Å². The van der Waals surface area contributed by atoms with Crippen LogP contribution in [0.3, 0.4) is 0 Å². The van der Waals surface area contributed by atoms with Crippen LogP contribution in [0.5, 0.6) is 0 Å². The van der Waals surface area contributed by atoms with E-state index in [2.05, 4.69) is 10.00 Å². The summed E-state index contributed by atoms with van der Waals surface area (Å²) in [4.78, 5) is 2.18. The molecule has 1 N–H and O–H groups in total. The fourth-order valence-corrected chi connectivity index (χ4v) is 3.18. The quantitative estimate of drug-likeness (QED) is 0.932. The van der Waals surface area contributed by atoms with Gasteiger partial charge in [0.1, 0.15) is 5.82 Å². The van der Waals surface area contributed by atoms with Crippen molar-refractivity contribution in [2.75, 3.05) is 6.54 Å². The highest BCUT2D eigenvalue weighted by atomic mass is 35.5. The fourth-order valence-electron chi connectivity index (χ4n) is 2.97. The molecule has 124 valence electrons. The van der Waals surface area contributed by atoms with Crippen LogP contribution in [-0.2, 0) is 19.6 Å². The molecule has 0 amide bonds. The Kier molecular flexibility index (Phi) is 4.71. The largest absolute Gasteiger partial charge is 0.387 e. The molecule has 1 aromatic carbocycles. The lowest BCUT2D eigenvalue weighted by molar-refractivity contribution is 0.193. The molecule has 0 saturated carbocycles. The third-order valence-corrected chi connectivity index (χ3v) is 4.66. The highest BCUT2D eigenvalue weighted by Gasteiger charge is 2.20. The zero-order chi connectivity index (χ0) is 16.6. The van der Waals surface area contributed by atoms with E-state index in [4.69, 9.17) is 11.6 Å². The zero-order valence-electron chi connectivity index (χ0n) is 13.4. The number of nitrogens with zero attached hydrogens (tertiary/aromatic N) is 3. The number of benzene rings is 1. The number of aliphatic hydroxyl groups excluding tert-OH is 1. The van der Waals surface area contributed by atoms with Gasteiger partial charge in [0.25, 0.3) is 0 Å². The monoisotopic (exact) mass is 337 g/mol. The third-order valence-electron chi connectivity index (χ3n) is 4.30. The summed E-state index contributed by atoms with van der Waals surface area (Å²) in [6, 6.07) is 5.38. The van der Waals surface area contributed by atoms with Crippen LogP contribution in [0.4, 0.5) is 4.39 Å². The van der Waals surface area contributed by atoms with Crippen LogP contribution in [0.25, 0.3) is 0 Å². The molecule has 0 fully saturated rings. The van der Waals surface area contributed by atoms with Crippen LogP contribution in [0.1, 0.15) is 42.0 Å². The molecule has 23 heavy (non-hydrogen) atoms. The third kappa shape index (κ3) is 3.42. The number of aromatic nitrogens is 2. The van der Waals surface area contributed by atoms with Gasteiger partial charge < -0.3 is 5.11 Å². The van der Waals surface area contributed by atoms with Gasteiger partial charge in [-0.05, 0) is 38.0 Å². The highest BCUT2D eigenvalue weighted by molar-refractivity contribution is 6.31. The molecule has 0 aliphatic carbocycles. The van der Waals surface area contributed by atoms with Gasteiger partial charge in [0.2, 0.25) is 0 Å². The van der Waals surface area contributed by atoms with Gasteiger partial charge in [-0.3, -0.25) is 9.58 Å². The molecule has 0 saturated heterocycles. The van der Waals surface area contributed by atoms with E-state index in [0.717, 1.165) is 25.2 Å². The zero-order valence-corrected chi connectivity index (χ0v) is 14.1. The Hall–Kier alpha value is -1.43. The summed E-state index contributed by atoms with van der Waals surface area (Å²) in [5, 5.41) is 14.6. The van der Waals surface area contributed by atoms with Crippen molar-refractivity contribution in [3.8, 4) is 0 Å². The van der Waals surface area contributed by atoms with E-state index in [1.165, 1.54) is 0 Å². The van der Waals surface area contributed by atoms with Crippen molar-refractivity contribution >= 4 is 11.6 Å². The first-order chi connectivity index (χ1) is 11.0. The lowest BCUT2D eigenvalue weighted by atomic mass is 10.1. The van der Waals surface area contributed by atoms with Gasteiger partial charge in [0, 0.05) is 36.8 Å². The predicted molar refractivity (Wildman–Crippen MR) is 87.7 cm³/mol. The molecule has 4 nitrogen and oxygen atoms in total. The van der Waals surface area contributed by atoms with Crippen molar-refractivity contribution < 1.29 is 9.50 Å². The maximum atomic E-state index is 14.4. The minimum absolute atomic E-state index is 0.222. The van der Waals surface area contributed by atoms with Crippen molar-refractivity contribution in [3.63, 3.8) is 0 Å². The maximum Gasteiger partial charge on any atom is 0.132 e. The van der Waals surface area contributed by atoms with Crippen molar-refractivity contribution in [1.29, 1.82) is 0 Å². The SMILES string of the molecule is Cc1ccc(Cl)c(CN2CCCn3nc([C@@H](C)O)cc3C2)c1F. The topological polar surface area (TPSA) is 41.3 Å². The van der Waals surface area contributed by atoms with Crippen molar-refractivity contribution in [2.24, 2.45) is 0 Å². The minimum Gasteiger partial charge on any atom is -0.387 e. The van der Waals surface area contributed by atoms with Crippen molar-refractivity contribution in [1.82, 2.24) is 14.7 Å². The first-order valence-corrected chi connectivity index (χ1v) is 8.24. The lowest BCUT2D eigenvalue weighted by Gasteiger charge is -2.21. The van der Waals surface area contributed by atoms with Crippen LogP contribution in [0, 0.1) is 12.7 Å². The molecule has 1 aliphatic rings. The molecule has 3 rings (SSSR count). The Morgan fingerprint density at radius 3 is 2.91 bits per heavy atom. The van der Waals surface area contributed by atoms with Crippen LogP contribution < -0.4 is 0 Å². The summed E-state index contributed by atoms with van der Waals surface area (Å²) in [6.45, 7) is 6.27. The van der Waals surface area contributed by atoms with Gasteiger partial charge in [-0.25, -0.2) is 4.39 Å². The fraction of sp³-hybridized carbons (Fsp3) is 0.471. The first-order valence-electron chi connectivity index (χ1n) is 7.86. The summed E-state index contributed by atoms with van der Waals surface area (Å²) in [7, 11) is 0. The van der Waals surface area contributed by atoms with E-state index in [0.29, 0.717) is 34.9 Å². The summed E-state index contributed by atoms with van der Waals surface area (Å²) in [5.41, 5.74) is 2.89. The lowest BCUT2D eigenvalue weighted by Crippen LogP contribution is -2.23. The van der Waals surface area contributed by atoms with Gasteiger partial charge in [-0.2, -0.15) is 5.10 Å². The van der Waals surface area contributed by atoms with Crippen LogP contribution in [0.15, 0.2) is 18.2 Å². The number of halogens is 2. The number of aliphatic hydroxyl groups is 1. The number of hydrogen-bond acceptors (Lipinski definition) is 3. The predicted octanol–water partition coefficient (Wildman–Crippen LogP) is 3.44. The smallest absolute Gasteiger partial charge is 0.132 e. The summed E-state index contributed by atoms with van der Waals surface area (Å²) < 4.78 is 16.3.